The van der Waals surface area contributed by atoms with Gasteiger partial charge in [-0.15, -0.1) is 0 Å². The van der Waals surface area contributed by atoms with E-state index in [0.29, 0.717) is 24.7 Å². The van der Waals surface area contributed by atoms with Crippen molar-refractivity contribution in [1.29, 1.82) is 0 Å². The van der Waals surface area contributed by atoms with Gasteiger partial charge in [-0.3, -0.25) is 14.6 Å². The Hall–Kier alpha value is -3.49. The first kappa shape index (κ1) is 17.0. The summed E-state index contributed by atoms with van der Waals surface area (Å²) in [6, 6.07) is 9.13. The van der Waals surface area contributed by atoms with Crippen molar-refractivity contribution < 1.29 is 9.32 Å². The molecule has 0 unspecified atom stereocenters. The van der Waals surface area contributed by atoms with Crippen LogP contribution < -0.4 is 11.2 Å². The van der Waals surface area contributed by atoms with Gasteiger partial charge in [0, 0.05) is 23.9 Å². The van der Waals surface area contributed by atoms with Crippen LogP contribution >= 0.6 is 0 Å². The van der Waals surface area contributed by atoms with Gasteiger partial charge in [0.05, 0.1) is 6.42 Å². The van der Waals surface area contributed by atoms with Crippen LogP contribution in [0.4, 0.5) is 0 Å². The Morgan fingerprint density at radius 1 is 1.26 bits per heavy atom. The zero-order valence-electron chi connectivity index (χ0n) is 14.3. The van der Waals surface area contributed by atoms with Crippen molar-refractivity contribution in [1.82, 2.24) is 25.0 Å². The van der Waals surface area contributed by atoms with Crippen molar-refractivity contribution in [2.24, 2.45) is 0 Å². The highest BCUT2D eigenvalue weighted by atomic mass is 16.5. The number of aromatic nitrogens is 4. The fraction of sp³-hybridized carbons (Fsp3) is 0.278. The molecular formula is C18H17N5O4. The molecule has 2 N–H and O–H groups in total. The topological polar surface area (TPSA) is 125 Å². The number of hydrogen-bond donors (Lipinski definition) is 2. The highest BCUT2D eigenvalue weighted by Crippen LogP contribution is 2.32. The smallest absolute Gasteiger partial charge is 0.325 e. The largest absolute Gasteiger partial charge is 0.337 e. The number of amides is 1. The SMILES string of the molecule is O=C(Cc1c[nH]c(=O)[nH]c1=O)N1CCC[C@@H]1c1nc(-c2ccccc2)no1. The molecule has 1 amide bonds. The van der Waals surface area contributed by atoms with E-state index in [9.17, 15) is 14.4 Å². The van der Waals surface area contributed by atoms with Crippen LogP contribution in [0.25, 0.3) is 11.4 Å². The lowest BCUT2D eigenvalue weighted by Gasteiger charge is -2.21. The van der Waals surface area contributed by atoms with Gasteiger partial charge in [0.15, 0.2) is 0 Å². The number of benzene rings is 1. The van der Waals surface area contributed by atoms with Crippen molar-refractivity contribution in [3.05, 3.63) is 68.8 Å². The monoisotopic (exact) mass is 367 g/mol. The third-order valence-corrected chi connectivity index (χ3v) is 4.57. The summed E-state index contributed by atoms with van der Waals surface area (Å²) in [5.41, 5.74) is -0.120. The maximum Gasteiger partial charge on any atom is 0.325 e. The van der Waals surface area contributed by atoms with Crippen molar-refractivity contribution in [3.63, 3.8) is 0 Å². The van der Waals surface area contributed by atoms with Crippen molar-refractivity contribution in [3.8, 4) is 11.4 Å². The zero-order valence-corrected chi connectivity index (χ0v) is 14.3. The van der Waals surface area contributed by atoms with Crippen LogP contribution in [-0.4, -0.2) is 37.5 Å². The summed E-state index contributed by atoms with van der Waals surface area (Å²) in [5, 5.41) is 4.01. The molecule has 1 aromatic carbocycles. The van der Waals surface area contributed by atoms with Gasteiger partial charge < -0.3 is 14.4 Å². The molecule has 9 nitrogen and oxygen atoms in total. The number of H-pyrrole nitrogens is 2. The predicted molar refractivity (Wildman–Crippen MR) is 94.8 cm³/mol. The summed E-state index contributed by atoms with van der Waals surface area (Å²) in [4.78, 5) is 46.2. The number of nitrogens with zero attached hydrogens (tertiary/aromatic N) is 3. The average Bonchev–Trinajstić information content (AvgIpc) is 3.33. The van der Waals surface area contributed by atoms with E-state index in [1.807, 2.05) is 30.3 Å². The summed E-state index contributed by atoms with van der Waals surface area (Å²) in [7, 11) is 0. The third kappa shape index (κ3) is 3.43. The average molecular weight is 367 g/mol. The Bertz CT molecular complexity index is 1070. The first-order chi connectivity index (χ1) is 13.1. The molecule has 1 fully saturated rings. The molecule has 2 aromatic heterocycles. The van der Waals surface area contributed by atoms with E-state index >= 15 is 0 Å². The minimum absolute atomic E-state index is 0.109. The molecule has 1 aliphatic rings. The molecule has 0 saturated carbocycles. The second-order valence-electron chi connectivity index (χ2n) is 6.34. The molecule has 9 heteroatoms. The first-order valence-corrected chi connectivity index (χ1v) is 8.61. The standard InChI is InChI=1S/C18H17N5O4/c24-14(9-12-10-19-18(26)21-16(12)25)23-8-4-7-13(23)17-20-15(22-27-17)11-5-2-1-3-6-11/h1-3,5-6,10,13H,4,7-9H2,(H2,19,21,25,26)/t13-/m1/s1. The molecule has 1 atom stereocenters. The summed E-state index contributed by atoms with van der Waals surface area (Å²) in [6.45, 7) is 0.549. The van der Waals surface area contributed by atoms with Gasteiger partial charge in [0.1, 0.15) is 6.04 Å². The summed E-state index contributed by atoms with van der Waals surface area (Å²) >= 11 is 0. The predicted octanol–water partition coefficient (Wildman–Crippen LogP) is 1.02. The van der Waals surface area contributed by atoms with E-state index in [1.165, 1.54) is 6.20 Å². The number of hydrogen-bond acceptors (Lipinski definition) is 6. The quantitative estimate of drug-likeness (QED) is 0.709. The Balaban J connectivity index is 1.54. The van der Waals surface area contributed by atoms with Crippen LogP contribution in [0.15, 0.2) is 50.6 Å². The summed E-state index contributed by atoms with van der Waals surface area (Å²) in [6.07, 6.45) is 2.68. The van der Waals surface area contributed by atoms with Crippen LogP contribution in [-0.2, 0) is 11.2 Å². The normalized spacial score (nSPS) is 16.6. The maximum absolute atomic E-state index is 12.7. The van der Waals surface area contributed by atoms with Crippen LogP contribution in [0.1, 0.15) is 30.3 Å². The maximum atomic E-state index is 12.7. The number of rotatable bonds is 4. The molecule has 0 spiro atoms. The van der Waals surface area contributed by atoms with Crippen LogP contribution in [0.2, 0.25) is 0 Å². The molecule has 3 heterocycles. The van der Waals surface area contributed by atoms with E-state index in [2.05, 4.69) is 20.1 Å². The lowest BCUT2D eigenvalue weighted by Crippen LogP contribution is -2.34. The minimum atomic E-state index is -0.602. The van der Waals surface area contributed by atoms with Gasteiger partial charge in [-0.25, -0.2) is 4.79 Å². The molecule has 27 heavy (non-hydrogen) atoms. The second kappa shape index (κ2) is 7.02. The number of carbonyl (C=O) groups is 1. The fourth-order valence-corrected chi connectivity index (χ4v) is 3.23. The molecule has 4 rings (SSSR count). The van der Waals surface area contributed by atoms with Gasteiger partial charge in [-0.2, -0.15) is 4.98 Å². The van der Waals surface area contributed by atoms with Crippen LogP contribution in [0.5, 0.6) is 0 Å². The Labute approximate surface area is 153 Å². The second-order valence-corrected chi connectivity index (χ2v) is 6.34. The minimum Gasteiger partial charge on any atom is -0.337 e. The highest BCUT2D eigenvalue weighted by molar-refractivity contribution is 5.79. The lowest BCUT2D eigenvalue weighted by atomic mass is 10.2. The summed E-state index contributed by atoms with van der Waals surface area (Å²) in [5.74, 6) is 0.631. The molecule has 1 aliphatic heterocycles. The Morgan fingerprint density at radius 2 is 2.07 bits per heavy atom. The van der Waals surface area contributed by atoms with E-state index < -0.39 is 11.2 Å². The molecule has 3 aromatic rings. The third-order valence-electron chi connectivity index (χ3n) is 4.57. The highest BCUT2D eigenvalue weighted by Gasteiger charge is 2.34. The number of nitrogens with one attached hydrogen (secondary N) is 2. The van der Waals surface area contributed by atoms with Gasteiger partial charge >= 0.3 is 5.69 Å². The van der Waals surface area contributed by atoms with E-state index in [-0.39, 0.29) is 23.9 Å². The van der Waals surface area contributed by atoms with Gasteiger partial charge in [-0.1, -0.05) is 35.5 Å². The molecule has 0 radical (unpaired) electrons. The fourth-order valence-electron chi connectivity index (χ4n) is 3.23. The van der Waals surface area contributed by atoms with Gasteiger partial charge in [0.25, 0.3) is 5.56 Å². The lowest BCUT2D eigenvalue weighted by molar-refractivity contribution is -0.131. The summed E-state index contributed by atoms with van der Waals surface area (Å²) < 4.78 is 5.40. The molecular weight excluding hydrogens is 350 g/mol. The molecule has 1 saturated heterocycles. The van der Waals surface area contributed by atoms with E-state index in [0.717, 1.165) is 12.0 Å². The number of aromatic amines is 2. The van der Waals surface area contributed by atoms with Gasteiger partial charge in [0.2, 0.25) is 17.6 Å². The van der Waals surface area contributed by atoms with E-state index in [4.69, 9.17) is 4.52 Å². The number of carbonyl (C=O) groups excluding carboxylic acids is 1. The Morgan fingerprint density at radius 3 is 2.85 bits per heavy atom. The van der Waals surface area contributed by atoms with Crippen LogP contribution in [0, 0.1) is 0 Å². The van der Waals surface area contributed by atoms with Crippen molar-refractivity contribution in [2.75, 3.05) is 6.54 Å². The Kier molecular flexibility index (Phi) is 4.41. The molecule has 0 bridgehead atoms. The van der Waals surface area contributed by atoms with Crippen molar-refractivity contribution in [2.45, 2.75) is 25.3 Å². The van der Waals surface area contributed by atoms with E-state index in [1.54, 1.807) is 4.90 Å². The van der Waals surface area contributed by atoms with Crippen molar-refractivity contribution >= 4 is 5.91 Å². The molecule has 0 aliphatic carbocycles. The molecule has 138 valence electrons. The first-order valence-electron chi connectivity index (χ1n) is 8.61. The zero-order chi connectivity index (χ0) is 18.8. The number of likely N-dealkylation sites (tertiary alicyclic amines) is 1. The van der Waals surface area contributed by atoms with Crippen LogP contribution in [0.3, 0.4) is 0 Å². The van der Waals surface area contributed by atoms with Gasteiger partial charge in [-0.05, 0) is 12.8 Å².